The number of ether oxygens (including phenoxy) is 3. The van der Waals surface area contributed by atoms with Gasteiger partial charge in [-0.15, -0.1) is 0 Å². The molecule has 0 atom stereocenters. The van der Waals surface area contributed by atoms with Gasteiger partial charge in [0.2, 0.25) is 6.04 Å². The van der Waals surface area contributed by atoms with Crippen LogP contribution in [0.2, 0.25) is 0 Å². The summed E-state index contributed by atoms with van der Waals surface area (Å²) in [6.07, 6.45) is 0. The van der Waals surface area contributed by atoms with Crippen molar-refractivity contribution < 1.29 is 23.8 Å². The van der Waals surface area contributed by atoms with Gasteiger partial charge >= 0.3 is 11.9 Å². The number of hydrogen-bond acceptors (Lipinski definition) is 6. The number of carbonyl (C=O) groups excluding carboxylic acids is 2. The highest BCUT2D eigenvalue weighted by Crippen LogP contribution is 2.29. The van der Waals surface area contributed by atoms with Gasteiger partial charge in [-0.05, 0) is 58.9 Å². The Kier molecular flexibility index (Phi) is 7.07. The Morgan fingerprint density at radius 1 is 1.00 bits per heavy atom. The minimum Gasteiger partial charge on any atom is -0.497 e. The van der Waals surface area contributed by atoms with Gasteiger partial charge in [-0.25, -0.2) is 9.59 Å². The Balaban J connectivity index is 3.35. The lowest BCUT2D eigenvalue weighted by molar-refractivity contribution is -0.157. The van der Waals surface area contributed by atoms with E-state index in [-0.39, 0.29) is 13.2 Å². The quantitative estimate of drug-likeness (QED) is 0.563. The van der Waals surface area contributed by atoms with Gasteiger partial charge in [0.25, 0.3) is 0 Å². The van der Waals surface area contributed by atoms with Crippen LogP contribution >= 0.6 is 0 Å². The van der Waals surface area contributed by atoms with E-state index in [1.54, 1.807) is 50.1 Å². The summed E-state index contributed by atoms with van der Waals surface area (Å²) in [6, 6.07) is 5.99. The smallest absolute Gasteiger partial charge is 0.340 e. The van der Waals surface area contributed by atoms with E-state index in [9.17, 15) is 9.59 Å². The third-order valence-corrected chi connectivity index (χ3v) is 3.35. The summed E-state index contributed by atoms with van der Waals surface area (Å²) < 4.78 is 15.4. The fourth-order valence-electron chi connectivity index (χ4n) is 2.42. The van der Waals surface area contributed by atoms with Crippen molar-refractivity contribution in [3.8, 4) is 5.75 Å². The number of rotatable bonds is 7. The zero-order chi connectivity index (χ0) is 18.3. The number of anilines is 1. The molecule has 0 aromatic heterocycles. The first kappa shape index (κ1) is 19.8. The van der Waals surface area contributed by atoms with E-state index in [1.165, 1.54) is 0 Å². The number of carbonyl (C=O) groups is 2. The summed E-state index contributed by atoms with van der Waals surface area (Å²) in [5, 5.41) is 0. The molecule has 0 aliphatic rings. The molecule has 0 bridgehead atoms. The van der Waals surface area contributed by atoms with Gasteiger partial charge in [0.15, 0.2) is 0 Å². The molecule has 1 rings (SSSR count). The molecule has 134 valence electrons. The van der Waals surface area contributed by atoms with E-state index >= 15 is 0 Å². The second kappa shape index (κ2) is 8.57. The SMILES string of the molecule is CCOC(=O)C(C(=O)OCC)N(c1ccc(OC)cc1)C(C)(C)C. The summed E-state index contributed by atoms with van der Waals surface area (Å²) >= 11 is 0. The van der Waals surface area contributed by atoms with Crippen molar-refractivity contribution >= 4 is 17.6 Å². The maximum atomic E-state index is 12.5. The molecular formula is C18H27NO5. The molecule has 0 amide bonds. The third-order valence-electron chi connectivity index (χ3n) is 3.35. The van der Waals surface area contributed by atoms with Gasteiger partial charge in [-0.3, -0.25) is 0 Å². The maximum absolute atomic E-state index is 12.5. The monoisotopic (exact) mass is 337 g/mol. The van der Waals surface area contributed by atoms with E-state index in [0.717, 1.165) is 0 Å². The molecule has 0 N–H and O–H groups in total. The molecule has 0 aliphatic heterocycles. The minimum absolute atomic E-state index is 0.190. The normalized spacial score (nSPS) is 11.1. The highest BCUT2D eigenvalue weighted by molar-refractivity contribution is 6.03. The van der Waals surface area contributed by atoms with Crippen LogP contribution in [-0.2, 0) is 19.1 Å². The average molecular weight is 337 g/mol. The number of esters is 2. The number of benzene rings is 1. The van der Waals surface area contributed by atoms with Crippen molar-refractivity contribution in [2.75, 3.05) is 25.2 Å². The highest BCUT2D eigenvalue weighted by Gasteiger charge is 2.41. The predicted molar refractivity (Wildman–Crippen MR) is 92.3 cm³/mol. The fraction of sp³-hybridized carbons (Fsp3) is 0.556. The molecule has 6 heteroatoms. The van der Waals surface area contributed by atoms with Gasteiger partial charge in [-0.2, -0.15) is 0 Å². The second-order valence-electron chi connectivity index (χ2n) is 6.15. The highest BCUT2D eigenvalue weighted by atomic mass is 16.6. The van der Waals surface area contributed by atoms with E-state index in [0.29, 0.717) is 11.4 Å². The van der Waals surface area contributed by atoms with Crippen LogP contribution in [-0.4, -0.2) is 43.8 Å². The number of methoxy groups -OCH3 is 1. The summed E-state index contributed by atoms with van der Waals surface area (Å²) in [5.41, 5.74) is 0.188. The van der Waals surface area contributed by atoms with Crippen LogP contribution in [0.1, 0.15) is 34.6 Å². The Morgan fingerprint density at radius 3 is 1.79 bits per heavy atom. The first-order chi connectivity index (χ1) is 11.3. The van der Waals surface area contributed by atoms with Crippen molar-refractivity contribution in [3.63, 3.8) is 0 Å². The lowest BCUT2D eigenvalue weighted by atomic mass is 10.0. The van der Waals surface area contributed by atoms with Gasteiger partial charge in [-0.1, -0.05) is 0 Å². The largest absolute Gasteiger partial charge is 0.497 e. The van der Waals surface area contributed by atoms with Crippen molar-refractivity contribution in [2.24, 2.45) is 0 Å². The topological polar surface area (TPSA) is 65.1 Å². The Hall–Kier alpha value is -2.24. The van der Waals surface area contributed by atoms with Crippen molar-refractivity contribution in [1.82, 2.24) is 0 Å². The summed E-state index contributed by atoms with van der Waals surface area (Å²) in [7, 11) is 1.58. The van der Waals surface area contributed by atoms with Crippen LogP contribution in [0.15, 0.2) is 24.3 Å². The maximum Gasteiger partial charge on any atom is 0.340 e. The number of hydrogen-bond donors (Lipinski definition) is 0. The fourth-order valence-corrected chi connectivity index (χ4v) is 2.42. The molecular weight excluding hydrogens is 310 g/mol. The first-order valence-electron chi connectivity index (χ1n) is 8.02. The minimum atomic E-state index is -1.17. The van der Waals surface area contributed by atoms with Crippen molar-refractivity contribution in [1.29, 1.82) is 0 Å². The zero-order valence-electron chi connectivity index (χ0n) is 15.3. The van der Waals surface area contributed by atoms with Gasteiger partial charge in [0, 0.05) is 11.2 Å². The number of nitrogens with zero attached hydrogens (tertiary/aromatic N) is 1. The van der Waals surface area contributed by atoms with Crippen LogP contribution in [0.3, 0.4) is 0 Å². The lowest BCUT2D eigenvalue weighted by Crippen LogP contribution is -2.56. The second-order valence-corrected chi connectivity index (χ2v) is 6.15. The summed E-state index contributed by atoms with van der Waals surface area (Å²) in [5.74, 6) is -0.556. The molecule has 0 radical (unpaired) electrons. The molecule has 0 saturated heterocycles. The Morgan fingerprint density at radius 2 is 1.46 bits per heavy atom. The average Bonchev–Trinajstić information content (AvgIpc) is 2.51. The summed E-state index contributed by atoms with van der Waals surface area (Å²) in [4.78, 5) is 26.6. The standard InChI is InChI=1S/C18H27NO5/c1-7-23-16(20)15(17(21)24-8-2)19(18(3,4)5)13-9-11-14(22-6)12-10-13/h9-12,15H,7-8H2,1-6H3. The zero-order valence-corrected chi connectivity index (χ0v) is 15.3. The van der Waals surface area contributed by atoms with E-state index in [1.807, 2.05) is 20.8 Å². The first-order valence-corrected chi connectivity index (χ1v) is 8.02. The molecule has 6 nitrogen and oxygen atoms in total. The van der Waals surface area contributed by atoms with Crippen LogP contribution in [0.25, 0.3) is 0 Å². The molecule has 0 saturated carbocycles. The molecule has 1 aromatic rings. The van der Waals surface area contributed by atoms with Crippen LogP contribution < -0.4 is 9.64 Å². The van der Waals surface area contributed by atoms with Crippen LogP contribution in [0, 0.1) is 0 Å². The Bertz CT molecular complexity index is 530. The predicted octanol–water partition coefficient (Wildman–Crippen LogP) is 2.79. The molecule has 1 aromatic carbocycles. The molecule has 0 unspecified atom stereocenters. The lowest BCUT2D eigenvalue weighted by Gasteiger charge is -2.41. The summed E-state index contributed by atoms with van der Waals surface area (Å²) in [6.45, 7) is 9.54. The third kappa shape index (κ3) is 4.88. The molecule has 0 fully saturated rings. The van der Waals surface area contributed by atoms with Crippen LogP contribution in [0.4, 0.5) is 5.69 Å². The Labute approximate surface area is 143 Å². The van der Waals surface area contributed by atoms with Gasteiger partial charge < -0.3 is 19.1 Å². The van der Waals surface area contributed by atoms with E-state index in [4.69, 9.17) is 14.2 Å². The van der Waals surface area contributed by atoms with E-state index < -0.39 is 23.5 Å². The van der Waals surface area contributed by atoms with Crippen molar-refractivity contribution in [3.05, 3.63) is 24.3 Å². The van der Waals surface area contributed by atoms with Gasteiger partial charge in [0.05, 0.1) is 20.3 Å². The molecule has 0 aliphatic carbocycles. The van der Waals surface area contributed by atoms with Crippen molar-refractivity contribution in [2.45, 2.75) is 46.2 Å². The molecule has 24 heavy (non-hydrogen) atoms. The van der Waals surface area contributed by atoms with Gasteiger partial charge in [0.1, 0.15) is 5.75 Å². The van der Waals surface area contributed by atoms with E-state index in [2.05, 4.69) is 0 Å². The molecule has 0 heterocycles. The molecule has 0 spiro atoms. The van der Waals surface area contributed by atoms with Crippen LogP contribution in [0.5, 0.6) is 5.75 Å².